The van der Waals surface area contributed by atoms with Gasteiger partial charge in [-0.2, -0.15) is 5.10 Å². The van der Waals surface area contributed by atoms with E-state index in [1.165, 1.54) is 0 Å². The van der Waals surface area contributed by atoms with Gasteiger partial charge in [0.15, 0.2) is 5.69 Å². The number of rotatable bonds is 5. The van der Waals surface area contributed by atoms with Crippen molar-refractivity contribution in [1.82, 2.24) is 20.3 Å². The molecule has 0 unspecified atom stereocenters. The van der Waals surface area contributed by atoms with Gasteiger partial charge in [0, 0.05) is 36.6 Å². The van der Waals surface area contributed by atoms with Crippen molar-refractivity contribution in [3.8, 4) is 5.88 Å². The first kappa shape index (κ1) is 18.9. The lowest BCUT2D eigenvalue weighted by Crippen LogP contribution is -2.39. The maximum atomic E-state index is 12.6. The Morgan fingerprint density at radius 1 is 1.18 bits per heavy atom. The Morgan fingerprint density at radius 2 is 1.93 bits per heavy atom. The predicted molar refractivity (Wildman–Crippen MR) is 103 cm³/mol. The number of piperidine rings is 1. The maximum Gasteiger partial charge on any atom is 0.276 e. The molecule has 0 spiro atoms. The van der Waals surface area contributed by atoms with E-state index in [-0.39, 0.29) is 11.3 Å². The SMILES string of the molecule is CC(C)(C)c1ccc(OCC2CCN(C(=O)c3cc(C4CC4)on3)CC2)nn1. The highest BCUT2D eigenvalue weighted by atomic mass is 16.5. The molecule has 1 saturated heterocycles. The van der Waals surface area contributed by atoms with E-state index in [1.807, 2.05) is 23.1 Å². The summed E-state index contributed by atoms with van der Waals surface area (Å²) in [5.41, 5.74) is 1.36. The zero-order valence-corrected chi connectivity index (χ0v) is 16.9. The van der Waals surface area contributed by atoms with Gasteiger partial charge < -0.3 is 14.2 Å². The van der Waals surface area contributed by atoms with Gasteiger partial charge >= 0.3 is 0 Å². The highest BCUT2D eigenvalue weighted by Gasteiger charge is 2.31. The van der Waals surface area contributed by atoms with Gasteiger partial charge in [0.05, 0.1) is 12.3 Å². The van der Waals surface area contributed by atoms with Crippen LogP contribution in [0.25, 0.3) is 0 Å². The number of aromatic nitrogens is 3. The fraction of sp³-hybridized carbons (Fsp3) is 0.619. The Hall–Kier alpha value is -2.44. The summed E-state index contributed by atoms with van der Waals surface area (Å²) in [4.78, 5) is 14.5. The number of likely N-dealkylation sites (tertiary alicyclic amines) is 1. The molecular weight excluding hydrogens is 356 g/mol. The lowest BCUT2D eigenvalue weighted by molar-refractivity contribution is 0.0648. The molecule has 150 valence electrons. The zero-order valence-electron chi connectivity index (χ0n) is 16.9. The molecule has 0 N–H and O–H groups in total. The number of carbonyl (C=O) groups excluding carboxylic acids is 1. The highest BCUT2D eigenvalue weighted by molar-refractivity contribution is 5.92. The van der Waals surface area contributed by atoms with Gasteiger partial charge in [-0.1, -0.05) is 25.9 Å². The van der Waals surface area contributed by atoms with Crippen LogP contribution in [-0.2, 0) is 5.41 Å². The van der Waals surface area contributed by atoms with Crippen LogP contribution in [0.5, 0.6) is 5.88 Å². The third-order valence-electron chi connectivity index (χ3n) is 5.50. The number of nitrogens with zero attached hydrogens (tertiary/aromatic N) is 4. The van der Waals surface area contributed by atoms with Crippen molar-refractivity contribution >= 4 is 5.91 Å². The summed E-state index contributed by atoms with van der Waals surface area (Å²) in [5, 5.41) is 12.4. The normalized spacial score (nSPS) is 18.3. The molecule has 0 atom stereocenters. The van der Waals surface area contributed by atoms with E-state index in [1.54, 1.807) is 0 Å². The second-order valence-electron chi connectivity index (χ2n) is 8.94. The number of amides is 1. The zero-order chi connectivity index (χ0) is 19.7. The molecule has 1 aliphatic carbocycles. The first-order valence-electron chi connectivity index (χ1n) is 10.1. The van der Waals surface area contributed by atoms with Crippen LogP contribution in [-0.4, -0.2) is 45.9 Å². The van der Waals surface area contributed by atoms with Crippen LogP contribution in [0.4, 0.5) is 0 Å². The van der Waals surface area contributed by atoms with E-state index in [0.29, 0.717) is 43.1 Å². The molecular formula is C21H28N4O3. The number of carbonyl (C=O) groups is 1. The first-order chi connectivity index (χ1) is 13.4. The molecule has 2 fully saturated rings. The van der Waals surface area contributed by atoms with Gasteiger partial charge in [-0.15, -0.1) is 5.10 Å². The summed E-state index contributed by atoms with van der Waals surface area (Å²) in [6.07, 6.45) is 4.09. The van der Waals surface area contributed by atoms with Crippen LogP contribution in [0.1, 0.15) is 74.3 Å². The van der Waals surface area contributed by atoms with Crippen LogP contribution in [0.3, 0.4) is 0 Å². The molecule has 7 nitrogen and oxygen atoms in total. The summed E-state index contributed by atoms with van der Waals surface area (Å²) in [5.74, 6) is 2.26. The van der Waals surface area contributed by atoms with Crippen LogP contribution >= 0.6 is 0 Å². The van der Waals surface area contributed by atoms with Crippen LogP contribution in [0.15, 0.2) is 22.7 Å². The molecule has 0 radical (unpaired) electrons. The molecule has 2 aromatic rings. The van der Waals surface area contributed by atoms with Crippen molar-refractivity contribution in [1.29, 1.82) is 0 Å². The monoisotopic (exact) mass is 384 g/mol. The molecule has 0 aromatic carbocycles. The predicted octanol–water partition coefficient (Wildman–Crippen LogP) is 3.57. The van der Waals surface area contributed by atoms with Crippen molar-refractivity contribution in [2.45, 2.75) is 57.8 Å². The molecule has 2 aliphatic rings. The van der Waals surface area contributed by atoms with E-state index in [9.17, 15) is 4.79 Å². The number of ether oxygens (including phenoxy) is 1. The second kappa shape index (κ2) is 7.53. The quantitative estimate of drug-likeness (QED) is 0.784. The van der Waals surface area contributed by atoms with Crippen LogP contribution in [0.2, 0.25) is 0 Å². The average molecular weight is 384 g/mol. The maximum absolute atomic E-state index is 12.6. The summed E-state index contributed by atoms with van der Waals surface area (Å²) in [6.45, 7) is 8.36. The van der Waals surface area contributed by atoms with Crippen LogP contribution in [0, 0.1) is 5.92 Å². The largest absolute Gasteiger partial charge is 0.476 e. The lowest BCUT2D eigenvalue weighted by Gasteiger charge is -2.31. The average Bonchev–Trinajstić information content (AvgIpc) is 3.43. The molecule has 1 amide bonds. The van der Waals surface area contributed by atoms with E-state index >= 15 is 0 Å². The Kier molecular flexibility index (Phi) is 5.08. The van der Waals surface area contributed by atoms with Crippen molar-refractivity contribution in [2.75, 3.05) is 19.7 Å². The van der Waals surface area contributed by atoms with Gasteiger partial charge in [0.1, 0.15) is 5.76 Å². The summed E-state index contributed by atoms with van der Waals surface area (Å²) in [7, 11) is 0. The van der Waals surface area contributed by atoms with Crippen molar-refractivity contribution in [3.63, 3.8) is 0 Å². The minimum atomic E-state index is -0.0290. The number of hydrogen-bond donors (Lipinski definition) is 0. The Balaban J connectivity index is 1.24. The molecule has 4 rings (SSSR count). The fourth-order valence-corrected chi connectivity index (χ4v) is 3.42. The summed E-state index contributed by atoms with van der Waals surface area (Å²) >= 11 is 0. The molecule has 28 heavy (non-hydrogen) atoms. The highest BCUT2D eigenvalue weighted by Crippen LogP contribution is 2.40. The van der Waals surface area contributed by atoms with Crippen molar-refractivity contribution in [2.24, 2.45) is 5.92 Å². The Bertz CT molecular complexity index is 813. The smallest absolute Gasteiger partial charge is 0.276 e. The van der Waals surface area contributed by atoms with Gasteiger partial charge in [-0.3, -0.25) is 4.79 Å². The molecule has 2 aromatic heterocycles. The third kappa shape index (κ3) is 4.34. The first-order valence-corrected chi connectivity index (χ1v) is 10.1. The molecule has 7 heteroatoms. The molecule has 1 saturated carbocycles. The summed E-state index contributed by atoms with van der Waals surface area (Å²) < 4.78 is 11.1. The van der Waals surface area contributed by atoms with Gasteiger partial charge in [-0.05, 0) is 37.7 Å². The molecule has 1 aliphatic heterocycles. The van der Waals surface area contributed by atoms with E-state index < -0.39 is 0 Å². The van der Waals surface area contributed by atoms with Gasteiger partial charge in [0.25, 0.3) is 5.91 Å². The third-order valence-corrected chi connectivity index (χ3v) is 5.50. The van der Waals surface area contributed by atoms with Gasteiger partial charge in [-0.25, -0.2) is 0 Å². The Labute approximate surface area is 165 Å². The van der Waals surface area contributed by atoms with Gasteiger partial charge in [0.2, 0.25) is 5.88 Å². The Morgan fingerprint density at radius 3 is 2.54 bits per heavy atom. The van der Waals surface area contributed by atoms with Crippen molar-refractivity contribution < 1.29 is 14.1 Å². The fourth-order valence-electron chi connectivity index (χ4n) is 3.42. The standard InChI is InChI=1S/C21H28N4O3/c1-21(2,3)18-6-7-19(23-22-18)27-13-14-8-10-25(11-9-14)20(26)16-12-17(28-24-16)15-4-5-15/h6-7,12,14-15H,4-5,8-11,13H2,1-3H3. The summed E-state index contributed by atoms with van der Waals surface area (Å²) in [6, 6.07) is 5.67. The minimum Gasteiger partial charge on any atom is -0.476 e. The van der Waals surface area contributed by atoms with E-state index in [0.717, 1.165) is 37.1 Å². The second-order valence-corrected chi connectivity index (χ2v) is 8.94. The minimum absolute atomic E-state index is 0.0197. The van der Waals surface area contributed by atoms with Crippen molar-refractivity contribution in [3.05, 3.63) is 35.3 Å². The molecule has 3 heterocycles. The number of hydrogen-bond acceptors (Lipinski definition) is 6. The van der Waals surface area contributed by atoms with E-state index in [2.05, 4.69) is 36.1 Å². The molecule has 0 bridgehead atoms. The van der Waals surface area contributed by atoms with Crippen LogP contribution < -0.4 is 4.74 Å². The van der Waals surface area contributed by atoms with E-state index in [4.69, 9.17) is 9.26 Å². The lowest BCUT2D eigenvalue weighted by atomic mass is 9.92. The topological polar surface area (TPSA) is 81.4 Å².